The Bertz CT molecular complexity index is 513. The first kappa shape index (κ1) is 24.3. The molecule has 0 unspecified atom stereocenters. The molecule has 0 aliphatic heterocycles. The summed E-state index contributed by atoms with van der Waals surface area (Å²) < 4.78 is 5.60. The monoisotopic (exact) mass is 378 g/mol. The van der Waals surface area contributed by atoms with Crippen LogP contribution in [0, 0.1) is 0 Å². The number of hydrogen-bond acceptors (Lipinski definition) is 4. The summed E-state index contributed by atoms with van der Waals surface area (Å²) in [7, 11) is -1.05. The third kappa shape index (κ3) is 11.0. The zero-order valence-electron chi connectivity index (χ0n) is 16.0. The lowest BCUT2D eigenvalue weighted by Crippen LogP contribution is -2.16. The molecule has 0 saturated carbocycles. The van der Waals surface area contributed by atoms with Gasteiger partial charge in [-0.3, -0.25) is 4.79 Å². The highest BCUT2D eigenvalue weighted by atomic mass is 31.1. The molecule has 2 aromatic rings. The molecule has 0 aromatic heterocycles. The van der Waals surface area contributed by atoms with Crippen LogP contribution in [-0.2, 0) is 9.32 Å². The molecule has 0 saturated heterocycles. The fourth-order valence-corrected chi connectivity index (χ4v) is 3.28. The fourth-order valence-electron chi connectivity index (χ4n) is 1.55. The summed E-state index contributed by atoms with van der Waals surface area (Å²) in [5, 5.41) is 17.9. The minimum absolute atomic E-state index is 0.159. The first-order chi connectivity index (χ1) is 12.6. The van der Waals surface area contributed by atoms with Gasteiger partial charge in [0.25, 0.3) is 0 Å². The van der Waals surface area contributed by atoms with Crippen LogP contribution in [0.1, 0.15) is 40.0 Å². The van der Waals surface area contributed by atoms with Gasteiger partial charge in [-0.15, -0.1) is 0 Å². The third-order valence-electron chi connectivity index (χ3n) is 2.91. The summed E-state index contributed by atoms with van der Waals surface area (Å²) in [5.74, 6) is -0.159. The lowest BCUT2D eigenvalue weighted by atomic mass is 10.4. The second kappa shape index (κ2) is 16.7. The second-order valence-electron chi connectivity index (χ2n) is 5.23. The van der Waals surface area contributed by atoms with Crippen molar-refractivity contribution in [3.8, 4) is 0 Å². The number of aliphatic hydroxyl groups excluding tert-OH is 2. The number of hydrogen-bond donors (Lipinski definition) is 2. The average molecular weight is 378 g/mol. The van der Waals surface area contributed by atoms with Gasteiger partial charge in [-0.05, 0) is 12.8 Å². The van der Waals surface area contributed by atoms with E-state index in [1.807, 2.05) is 81.4 Å². The highest BCUT2D eigenvalue weighted by Crippen LogP contribution is 2.35. The maximum absolute atomic E-state index is 11.6. The van der Waals surface area contributed by atoms with Crippen molar-refractivity contribution in [3.05, 3.63) is 60.7 Å². The van der Waals surface area contributed by atoms with Crippen molar-refractivity contribution in [2.24, 2.45) is 0 Å². The first-order valence-corrected chi connectivity index (χ1v) is 10.2. The van der Waals surface area contributed by atoms with Crippen molar-refractivity contribution in [2.45, 2.75) is 40.0 Å². The van der Waals surface area contributed by atoms with E-state index < -0.39 is 8.15 Å². The molecule has 0 atom stereocenters. The van der Waals surface area contributed by atoms with Crippen molar-refractivity contribution in [3.63, 3.8) is 0 Å². The Morgan fingerprint density at radius 1 is 0.808 bits per heavy atom. The van der Waals surface area contributed by atoms with E-state index in [1.165, 1.54) is 0 Å². The van der Waals surface area contributed by atoms with Gasteiger partial charge in [0.05, 0.1) is 0 Å². The molecule has 5 heteroatoms. The van der Waals surface area contributed by atoms with Crippen LogP contribution in [0.5, 0.6) is 0 Å². The molecule has 0 bridgehead atoms. The quantitative estimate of drug-likeness (QED) is 0.751. The number of rotatable bonds is 6. The average Bonchev–Trinajstić information content (AvgIpc) is 2.73. The molecular weight excluding hydrogens is 347 g/mol. The highest BCUT2D eigenvalue weighted by Gasteiger charge is 2.18. The number of aliphatic hydroxyl groups is 2. The van der Waals surface area contributed by atoms with Crippen LogP contribution in [0.2, 0.25) is 0 Å². The van der Waals surface area contributed by atoms with Crippen molar-refractivity contribution < 1.29 is 19.5 Å². The Morgan fingerprint density at radius 2 is 1.15 bits per heavy atom. The Balaban J connectivity index is 0.000000662. The van der Waals surface area contributed by atoms with Gasteiger partial charge in [0, 0.05) is 30.2 Å². The van der Waals surface area contributed by atoms with Crippen molar-refractivity contribution >= 4 is 24.7 Å². The van der Waals surface area contributed by atoms with Gasteiger partial charge in [0.15, 0.2) is 8.15 Å². The van der Waals surface area contributed by atoms with Gasteiger partial charge >= 0.3 is 5.97 Å². The lowest BCUT2D eigenvalue weighted by molar-refractivity contribution is -0.133. The smallest absolute Gasteiger partial charge is 0.308 e. The molecule has 2 rings (SSSR count). The van der Waals surface area contributed by atoms with Crippen molar-refractivity contribution in [2.75, 3.05) is 13.2 Å². The van der Waals surface area contributed by atoms with E-state index in [2.05, 4.69) is 0 Å². The van der Waals surface area contributed by atoms with Crippen molar-refractivity contribution in [1.29, 1.82) is 0 Å². The summed E-state index contributed by atoms with van der Waals surface area (Å²) in [6.45, 7) is 6.31. The summed E-state index contributed by atoms with van der Waals surface area (Å²) >= 11 is 0. The molecule has 4 nitrogen and oxygen atoms in total. The van der Waals surface area contributed by atoms with Crippen molar-refractivity contribution in [1.82, 2.24) is 0 Å². The molecule has 0 amide bonds. The van der Waals surface area contributed by atoms with E-state index in [4.69, 9.17) is 14.7 Å². The van der Waals surface area contributed by atoms with Crippen LogP contribution in [-0.4, -0.2) is 29.4 Å². The molecule has 2 N–H and O–H groups in total. The first-order valence-electron chi connectivity index (χ1n) is 8.97. The van der Waals surface area contributed by atoms with Crippen LogP contribution < -0.4 is 10.6 Å². The van der Waals surface area contributed by atoms with Gasteiger partial charge in [0.2, 0.25) is 0 Å². The van der Waals surface area contributed by atoms with Crippen LogP contribution in [0.3, 0.4) is 0 Å². The van der Waals surface area contributed by atoms with E-state index in [-0.39, 0.29) is 5.97 Å². The summed E-state index contributed by atoms with van der Waals surface area (Å²) in [4.78, 5) is 11.6. The summed E-state index contributed by atoms with van der Waals surface area (Å²) in [6, 6.07) is 19.8. The fraction of sp³-hybridized carbons (Fsp3) is 0.381. The summed E-state index contributed by atoms with van der Waals surface area (Å²) in [6.07, 6.45) is 2.15. The Hall–Kier alpha value is -1.74. The standard InChI is InChI=1S/C15H15O2P.2C3H8O/c1-2-15(16)17-18(13-9-5-3-6-10-13)14-11-7-4-8-12-14;2*1-2-3-4/h3-12H,2H2,1H3;2*4H,2-3H2,1H3. The van der Waals surface area contributed by atoms with Crippen LogP contribution in [0.25, 0.3) is 0 Å². The molecule has 0 aliphatic carbocycles. The van der Waals surface area contributed by atoms with E-state index in [0.717, 1.165) is 23.5 Å². The predicted octanol–water partition coefficient (Wildman–Crippen LogP) is 3.76. The molecule has 144 valence electrons. The topological polar surface area (TPSA) is 66.8 Å². The SMILES string of the molecule is CCC(=O)OP(c1ccccc1)c1ccccc1.CCCO.CCCO. The number of benzene rings is 2. The van der Waals surface area contributed by atoms with Gasteiger partial charge < -0.3 is 14.7 Å². The minimum Gasteiger partial charge on any atom is -0.435 e. The van der Waals surface area contributed by atoms with Crippen LogP contribution in [0.4, 0.5) is 0 Å². The molecule has 0 fully saturated rings. The number of carbonyl (C=O) groups is 1. The maximum Gasteiger partial charge on any atom is 0.308 e. The molecule has 26 heavy (non-hydrogen) atoms. The molecule has 0 spiro atoms. The van der Waals surface area contributed by atoms with E-state index in [9.17, 15) is 4.79 Å². The number of carbonyl (C=O) groups excluding carboxylic acids is 1. The van der Waals surface area contributed by atoms with Gasteiger partial charge in [0.1, 0.15) is 0 Å². The lowest BCUT2D eigenvalue weighted by Gasteiger charge is -2.17. The minimum atomic E-state index is -1.05. The summed E-state index contributed by atoms with van der Waals surface area (Å²) in [5.41, 5.74) is 0. The molecule has 0 heterocycles. The normalized spacial score (nSPS) is 9.46. The predicted molar refractivity (Wildman–Crippen MR) is 110 cm³/mol. The van der Waals surface area contributed by atoms with Crippen LogP contribution >= 0.6 is 8.15 Å². The Morgan fingerprint density at radius 3 is 1.42 bits per heavy atom. The molecule has 0 radical (unpaired) electrons. The van der Waals surface area contributed by atoms with Gasteiger partial charge in [-0.1, -0.05) is 81.4 Å². The Kier molecular flexibility index (Phi) is 15.6. The van der Waals surface area contributed by atoms with Gasteiger partial charge in [-0.2, -0.15) is 0 Å². The second-order valence-corrected chi connectivity index (χ2v) is 7.03. The molecule has 0 aliphatic rings. The zero-order valence-corrected chi connectivity index (χ0v) is 16.9. The molecule has 2 aromatic carbocycles. The highest BCUT2D eigenvalue weighted by molar-refractivity contribution is 7.69. The van der Waals surface area contributed by atoms with E-state index in [1.54, 1.807) is 0 Å². The third-order valence-corrected chi connectivity index (χ3v) is 4.83. The maximum atomic E-state index is 11.6. The van der Waals surface area contributed by atoms with Crippen LogP contribution in [0.15, 0.2) is 60.7 Å². The largest absolute Gasteiger partial charge is 0.435 e. The zero-order chi connectivity index (χ0) is 19.6. The Labute approximate surface area is 158 Å². The van der Waals surface area contributed by atoms with E-state index in [0.29, 0.717) is 19.6 Å². The van der Waals surface area contributed by atoms with Gasteiger partial charge in [-0.25, -0.2) is 0 Å². The molecular formula is C21H31O4P. The van der Waals surface area contributed by atoms with E-state index >= 15 is 0 Å².